The van der Waals surface area contributed by atoms with Gasteiger partial charge in [0.15, 0.2) is 17.1 Å². The highest BCUT2D eigenvalue weighted by Gasteiger charge is 2.32. The molecule has 4 aromatic rings. The van der Waals surface area contributed by atoms with Gasteiger partial charge in [0.2, 0.25) is 0 Å². The molecule has 0 radical (unpaired) electrons. The van der Waals surface area contributed by atoms with E-state index in [0.717, 1.165) is 11.1 Å². The van der Waals surface area contributed by atoms with Gasteiger partial charge in [0.25, 0.3) is 5.91 Å². The maximum absolute atomic E-state index is 12.9. The Kier molecular flexibility index (Phi) is 4.27. The van der Waals surface area contributed by atoms with Gasteiger partial charge >= 0.3 is 5.69 Å². The minimum atomic E-state index is -0.203. The van der Waals surface area contributed by atoms with Crippen LogP contribution in [0.2, 0.25) is 0 Å². The Hall–Kier alpha value is -3.69. The minimum absolute atomic E-state index is 0.124. The van der Waals surface area contributed by atoms with Gasteiger partial charge in [-0.1, -0.05) is 5.16 Å². The predicted molar refractivity (Wildman–Crippen MR) is 107 cm³/mol. The number of amides is 1. The van der Waals surface area contributed by atoms with E-state index in [4.69, 9.17) is 4.52 Å². The van der Waals surface area contributed by atoms with Crippen LogP contribution in [0.3, 0.4) is 0 Å². The molecule has 1 aliphatic rings. The lowest BCUT2D eigenvalue weighted by Crippen LogP contribution is -2.32. The number of likely N-dealkylation sites (tertiary alicyclic amines) is 1. The van der Waals surface area contributed by atoms with E-state index in [1.807, 2.05) is 25.3 Å². The van der Waals surface area contributed by atoms with Gasteiger partial charge in [0.05, 0.1) is 17.8 Å². The van der Waals surface area contributed by atoms with Crippen LogP contribution in [0.1, 0.15) is 34.3 Å². The second-order valence-corrected chi connectivity index (χ2v) is 7.65. The molecule has 1 aliphatic heterocycles. The predicted octanol–water partition coefficient (Wildman–Crippen LogP) is 1.36. The number of aromatic nitrogens is 6. The highest BCUT2D eigenvalue weighted by Crippen LogP contribution is 2.25. The summed E-state index contributed by atoms with van der Waals surface area (Å²) in [6.45, 7) is 3.34. The Labute approximate surface area is 171 Å². The topological polar surface area (TPSA) is 104 Å². The first-order valence-corrected chi connectivity index (χ1v) is 9.77. The SMILES string of the molecule is Cc1cnn(Cc2cc(C(=O)N3CC[C@H](n4c(=O)n(C)c5cccnc54)C3)no2)c1. The van der Waals surface area contributed by atoms with Gasteiger partial charge in [0.1, 0.15) is 6.54 Å². The number of nitrogens with zero attached hydrogens (tertiary/aromatic N) is 7. The summed E-state index contributed by atoms with van der Waals surface area (Å²) in [4.78, 5) is 31.8. The maximum atomic E-state index is 12.9. The third-order valence-electron chi connectivity index (χ3n) is 5.52. The largest absolute Gasteiger partial charge is 0.359 e. The van der Waals surface area contributed by atoms with Gasteiger partial charge in [-0.05, 0) is 31.0 Å². The van der Waals surface area contributed by atoms with Crippen LogP contribution in [0.15, 0.2) is 46.1 Å². The van der Waals surface area contributed by atoms with E-state index in [0.29, 0.717) is 37.5 Å². The summed E-state index contributed by atoms with van der Waals surface area (Å²) in [6.07, 6.45) is 6.01. The van der Waals surface area contributed by atoms with Crippen molar-refractivity contribution in [3.63, 3.8) is 0 Å². The fraction of sp³-hybridized carbons (Fsp3) is 0.350. The maximum Gasteiger partial charge on any atom is 0.330 e. The van der Waals surface area contributed by atoms with Crippen molar-refractivity contribution in [3.8, 4) is 0 Å². The third kappa shape index (κ3) is 3.00. The lowest BCUT2D eigenvalue weighted by molar-refractivity contribution is 0.0777. The second-order valence-electron chi connectivity index (χ2n) is 7.65. The number of fused-ring (bicyclic) bond motifs is 1. The fourth-order valence-electron chi connectivity index (χ4n) is 4.02. The van der Waals surface area contributed by atoms with Crippen molar-refractivity contribution in [2.45, 2.75) is 25.9 Å². The van der Waals surface area contributed by atoms with Gasteiger partial charge < -0.3 is 9.42 Å². The molecular formula is C20H21N7O3. The normalized spacial score (nSPS) is 16.6. The Morgan fingerprint density at radius 1 is 1.37 bits per heavy atom. The van der Waals surface area contributed by atoms with Crippen LogP contribution in [0.25, 0.3) is 11.2 Å². The molecule has 5 heterocycles. The number of carbonyl (C=O) groups excluding carboxylic acids is 1. The Morgan fingerprint density at radius 2 is 2.23 bits per heavy atom. The van der Waals surface area contributed by atoms with Crippen LogP contribution in [0.5, 0.6) is 0 Å². The molecule has 154 valence electrons. The minimum Gasteiger partial charge on any atom is -0.359 e. The summed E-state index contributed by atoms with van der Waals surface area (Å²) in [6, 6.07) is 5.20. The first kappa shape index (κ1) is 18.3. The second kappa shape index (κ2) is 6.97. The van der Waals surface area contributed by atoms with E-state index in [9.17, 15) is 9.59 Å². The van der Waals surface area contributed by atoms with E-state index in [1.54, 1.807) is 44.2 Å². The molecule has 0 aromatic carbocycles. The van der Waals surface area contributed by atoms with Crippen LogP contribution in [-0.2, 0) is 13.6 Å². The molecular weight excluding hydrogens is 386 g/mol. The van der Waals surface area contributed by atoms with Gasteiger partial charge in [0, 0.05) is 38.6 Å². The van der Waals surface area contributed by atoms with Gasteiger partial charge in [-0.15, -0.1) is 0 Å². The van der Waals surface area contributed by atoms with Crippen molar-refractivity contribution in [1.82, 2.24) is 34.0 Å². The molecule has 0 unspecified atom stereocenters. The van der Waals surface area contributed by atoms with Crippen LogP contribution in [0.4, 0.5) is 0 Å². The molecule has 10 heteroatoms. The molecule has 0 spiro atoms. The lowest BCUT2D eigenvalue weighted by Gasteiger charge is -2.15. The molecule has 1 saturated heterocycles. The molecule has 1 amide bonds. The lowest BCUT2D eigenvalue weighted by atomic mass is 10.2. The molecule has 0 saturated carbocycles. The first-order chi connectivity index (χ1) is 14.5. The third-order valence-corrected chi connectivity index (χ3v) is 5.52. The van der Waals surface area contributed by atoms with Gasteiger partial charge in [-0.3, -0.25) is 18.6 Å². The van der Waals surface area contributed by atoms with Crippen molar-refractivity contribution < 1.29 is 9.32 Å². The number of aryl methyl sites for hydroxylation is 2. The monoisotopic (exact) mass is 407 g/mol. The Morgan fingerprint density at radius 3 is 3.03 bits per heavy atom. The van der Waals surface area contributed by atoms with Crippen molar-refractivity contribution >= 4 is 17.1 Å². The zero-order valence-corrected chi connectivity index (χ0v) is 16.7. The average Bonchev–Trinajstić information content (AvgIpc) is 3.52. The molecule has 0 aliphatic carbocycles. The highest BCUT2D eigenvalue weighted by atomic mass is 16.5. The van der Waals surface area contributed by atoms with Gasteiger partial charge in [-0.2, -0.15) is 5.10 Å². The van der Waals surface area contributed by atoms with Crippen LogP contribution >= 0.6 is 0 Å². The number of pyridine rings is 1. The van der Waals surface area contributed by atoms with Crippen molar-refractivity contribution in [2.75, 3.05) is 13.1 Å². The summed E-state index contributed by atoms with van der Waals surface area (Å²) < 4.78 is 10.3. The summed E-state index contributed by atoms with van der Waals surface area (Å²) in [5.41, 5.74) is 2.61. The molecule has 0 bridgehead atoms. The Bertz CT molecular complexity index is 1300. The summed E-state index contributed by atoms with van der Waals surface area (Å²) >= 11 is 0. The molecule has 1 atom stereocenters. The van der Waals surface area contributed by atoms with Crippen LogP contribution in [-0.4, -0.2) is 53.0 Å². The van der Waals surface area contributed by atoms with E-state index in [1.165, 1.54) is 0 Å². The Balaban J connectivity index is 1.34. The van der Waals surface area contributed by atoms with Crippen molar-refractivity contribution in [2.24, 2.45) is 7.05 Å². The van der Waals surface area contributed by atoms with E-state index >= 15 is 0 Å². The smallest absolute Gasteiger partial charge is 0.330 e. The summed E-state index contributed by atoms with van der Waals surface area (Å²) in [7, 11) is 1.73. The molecule has 10 nitrogen and oxygen atoms in total. The van der Waals surface area contributed by atoms with E-state index in [2.05, 4.69) is 15.2 Å². The molecule has 0 N–H and O–H groups in total. The van der Waals surface area contributed by atoms with Crippen LogP contribution < -0.4 is 5.69 Å². The fourth-order valence-corrected chi connectivity index (χ4v) is 4.02. The number of carbonyl (C=O) groups is 1. The average molecular weight is 407 g/mol. The summed E-state index contributed by atoms with van der Waals surface area (Å²) in [5, 5.41) is 8.16. The zero-order valence-electron chi connectivity index (χ0n) is 16.7. The van der Waals surface area contributed by atoms with Crippen LogP contribution in [0, 0.1) is 6.92 Å². The molecule has 4 aromatic heterocycles. The quantitative estimate of drug-likeness (QED) is 0.506. The molecule has 5 rings (SSSR count). The number of hydrogen-bond acceptors (Lipinski definition) is 6. The zero-order chi connectivity index (χ0) is 20.8. The van der Waals surface area contributed by atoms with Crippen molar-refractivity contribution in [3.05, 3.63) is 64.3 Å². The summed E-state index contributed by atoms with van der Waals surface area (Å²) in [5.74, 6) is 0.358. The standard InChI is InChI=1S/C20H21N7O3/c1-13-9-22-26(10-13)12-15-8-16(23-30-15)19(28)25-7-5-14(11-25)27-18-17(4-3-6-21-18)24(2)20(27)29/h3-4,6,8-10,14H,5,7,11-12H2,1-2H3/t14-/m0/s1. The van der Waals surface area contributed by atoms with Crippen molar-refractivity contribution in [1.29, 1.82) is 0 Å². The number of imidazole rings is 1. The highest BCUT2D eigenvalue weighted by molar-refractivity contribution is 5.92. The number of rotatable bonds is 4. The molecule has 30 heavy (non-hydrogen) atoms. The number of hydrogen-bond donors (Lipinski definition) is 0. The van der Waals surface area contributed by atoms with E-state index < -0.39 is 0 Å². The van der Waals surface area contributed by atoms with Gasteiger partial charge in [-0.25, -0.2) is 9.78 Å². The van der Waals surface area contributed by atoms with E-state index in [-0.39, 0.29) is 23.3 Å². The first-order valence-electron chi connectivity index (χ1n) is 9.77. The molecule has 1 fully saturated rings.